The van der Waals surface area contributed by atoms with Gasteiger partial charge in [-0.1, -0.05) is 56.3 Å². The number of amides is 1. The summed E-state index contributed by atoms with van der Waals surface area (Å²) in [6.07, 6.45) is 3.38. The smallest absolute Gasteiger partial charge is 0.244 e. The van der Waals surface area contributed by atoms with E-state index in [0.29, 0.717) is 13.2 Å². The lowest BCUT2D eigenvalue weighted by Gasteiger charge is -2.17. The van der Waals surface area contributed by atoms with Gasteiger partial charge in [0.1, 0.15) is 12.4 Å². The number of hydrogen-bond acceptors (Lipinski definition) is 3. The average molecular weight is 352 g/mol. The van der Waals surface area contributed by atoms with Crippen molar-refractivity contribution in [2.45, 2.75) is 20.5 Å². The highest BCUT2D eigenvalue weighted by Gasteiger charge is 2.00. The van der Waals surface area contributed by atoms with Crippen LogP contribution in [0.15, 0.2) is 60.7 Å². The number of hydrogen-bond donors (Lipinski definition) is 1. The van der Waals surface area contributed by atoms with Crippen molar-refractivity contribution in [3.8, 4) is 5.75 Å². The minimum Gasteiger partial charge on any atom is -0.489 e. The molecule has 138 valence electrons. The molecule has 0 atom stereocenters. The van der Waals surface area contributed by atoms with E-state index >= 15 is 0 Å². The molecule has 0 aliphatic carbocycles. The number of rotatable bonds is 10. The summed E-state index contributed by atoms with van der Waals surface area (Å²) in [7, 11) is 0. The van der Waals surface area contributed by atoms with Crippen molar-refractivity contribution in [2.24, 2.45) is 0 Å². The molecular weight excluding hydrogens is 324 g/mol. The third kappa shape index (κ3) is 7.11. The average Bonchev–Trinajstić information content (AvgIpc) is 2.69. The minimum absolute atomic E-state index is 0.0680. The van der Waals surface area contributed by atoms with Crippen LogP contribution < -0.4 is 10.1 Å². The van der Waals surface area contributed by atoms with Crippen molar-refractivity contribution >= 4 is 12.0 Å². The van der Waals surface area contributed by atoms with Gasteiger partial charge >= 0.3 is 0 Å². The van der Waals surface area contributed by atoms with Crippen LogP contribution in [-0.2, 0) is 11.4 Å². The molecule has 0 aliphatic heterocycles. The molecule has 0 radical (unpaired) electrons. The van der Waals surface area contributed by atoms with Gasteiger partial charge in [0.15, 0.2) is 0 Å². The second kappa shape index (κ2) is 11.1. The van der Waals surface area contributed by atoms with E-state index in [0.717, 1.165) is 36.5 Å². The summed E-state index contributed by atoms with van der Waals surface area (Å²) >= 11 is 0. The van der Waals surface area contributed by atoms with Gasteiger partial charge in [-0.25, -0.2) is 0 Å². The SMILES string of the molecule is CCN(CC)CCNC(=O)/C=C/c1ccc(OCc2ccccc2)cc1. The molecule has 26 heavy (non-hydrogen) atoms. The van der Waals surface area contributed by atoms with E-state index in [1.165, 1.54) is 0 Å². The molecule has 0 saturated carbocycles. The minimum atomic E-state index is -0.0680. The highest BCUT2D eigenvalue weighted by atomic mass is 16.5. The third-order valence-electron chi connectivity index (χ3n) is 4.18. The quantitative estimate of drug-likeness (QED) is 0.662. The molecule has 0 aromatic heterocycles. The Morgan fingerprint density at radius 3 is 2.38 bits per heavy atom. The molecule has 0 spiro atoms. The van der Waals surface area contributed by atoms with Crippen LogP contribution in [0.1, 0.15) is 25.0 Å². The van der Waals surface area contributed by atoms with Crippen LogP contribution in [0.25, 0.3) is 6.08 Å². The fourth-order valence-corrected chi connectivity index (χ4v) is 2.52. The number of benzene rings is 2. The highest BCUT2D eigenvalue weighted by Crippen LogP contribution is 2.15. The van der Waals surface area contributed by atoms with Crippen LogP contribution in [-0.4, -0.2) is 37.0 Å². The van der Waals surface area contributed by atoms with Crippen LogP contribution in [0.4, 0.5) is 0 Å². The summed E-state index contributed by atoms with van der Waals surface area (Å²) in [5, 5.41) is 2.91. The predicted molar refractivity (Wildman–Crippen MR) is 107 cm³/mol. The zero-order valence-electron chi connectivity index (χ0n) is 15.7. The first kappa shape index (κ1) is 19.7. The monoisotopic (exact) mass is 352 g/mol. The van der Waals surface area contributed by atoms with Gasteiger partial charge in [-0.05, 0) is 42.4 Å². The van der Waals surface area contributed by atoms with Gasteiger partial charge in [-0.2, -0.15) is 0 Å². The fraction of sp³-hybridized carbons (Fsp3) is 0.318. The fourth-order valence-electron chi connectivity index (χ4n) is 2.52. The number of ether oxygens (including phenoxy) is 1. The molecule has 0 fully saturated rings. The molecule has 4 nitrogen and oxygen atoms in total. The maximum Gasteiger partial charge on any atom is 0.244 e. The molecule has 1 amide bonds. The lowest BCUT2D eigenvalue weighted by Crippen LogP contribution is -2.34. The summed E-state index contributed by atoms with van der Waals surface area (Å²) in [6, 6.07) is 17.8. The lowest BCUT2D eigenvalue weighted by atomic mass is 10.2. The number of carbonyl (C=O) groups excluding carboxylic acids is 1. The molecule has 0 bridgehead atoms. The number of carbonyl (C=O) groups is 1. The molecule has 0 heterocycles. The van der Waals surface area contributed by atoms with Gasteiger partial charge in [0.05, 0.1) is 0 Å². The first-order valence-electron chi connectivity index (χ1n) is 9.16. The normalized spacial score (nSPS) is 11.0. The summed E-state index contributed by atoms with van der Waals surface area (Å²) in [5.41, 5.74) is 2.11. The molecular formula is C22H28N2O2. The number of nitrogens with one attached hydrogen (secondary N) is 1. The lowest BCUT2D eigenvalue weighted by molar-refractivity contribution is -0.116. The molecule has 2 aromatic rings. The summed E-state index contributed by atoms with van der Waals surface area (Å²) in [4.78, 5) is 14.1. The molecule has 2 rings (SSSR count). The molecule has 0 unspecified atom stereocenters. The maximum atomic E-state index is 11.9. The van der Waals surface area contributed by atoms with Crippen molar-refractivity contribution in [1.29, 1.82) is 0 Å². The van der Waals surface area contributed by atoms with E-state index in [4.69, 9.17) is 4.74 Å². The molecule has 0 saturated heterocycles. The summed E-state index contributed by atoms with van der Waals surface area (Å²) in [6.45, 7) is 8.33. The first-order chi connectivity index (χ1) is 12.7. The second-order valence-electron chi connectivity index (χ2n) is 5.99. The Kier molecular flexibility index (Phi) is 8.43. The van der Waals surface area contributed by atoms with Crippen molar-refractivity contribution in [2.75, 3.05) is 26.2 Å². The van der Waals surface area contributed by atoms with Crippen LogP contribution in [0, 0.1) is 0 Å². The largest absolute Gasteiger partial charge is 0.489 e. The van der Waals surface area contributed by atoms with E-state index in [-0.39, 0.29) is 5.91 Å². The number of likely N-dealkylation sites (N-methyl/N-ethyl adjacent to an activating group) is 1. The third-order valence-corrected chi connectivity index (χ3v) is 4.18. The van der Waals surface area contributed by atoms with E-state index in [9.17, 15) is 4.79 Å². The Bertz CT molecular complexity index is 677. The second-order valence-corrected chi connectivity index (χ2v) is 5.99. The van der Waals surface area contributed by atoms with Crippen LogP contribution in [0.2, 0.25) is 0 Å². The Morgan fingerprint density at radius 1 is 1.04 bits per heavy atom. The molecule has 4 heteroatoms. The van der Waals surface area contributed by atoms with Crippen molar-refractivity contribution in [3.63, 3.8) is 0 Å². The van der Waals surface area contributed by atoms with Crippen molar-refractivity contribution in [3.05, 3.63) is 71.8 Å². The van der Waals surface area contributed by atoms with Crippen LogP contribution in [0.5, 0.6) is 5.75 Å². The van der Waals surface area contributed by atoms with Gasteiger partial charge in [-0.3, -0.25) is 4.79 Å². The molecule has 0 aliphatic rings. The van der Waals surface area contributed by atoms with E-state index in [1.807, 2.05) is 60.7 Å². The highest BCUT2D eigenvalue weighted by molar-refractivity contribution is 5.91. The van der Waals surface area contributed by atoms with Gasteiger partial charge < -0.3 is 15.0 Å². The Morgan fingerprint density at radius 2 is 1.73 bits per heavy atom. The zero-order valence-corrected chi connectivity index (χ0v) is 15.7. The van der Waals surface area contributed by atoms with Gasteiger partial charge in [0.25, 0.3) is 0 Å². The van der Waals surface area contributed by atoms with E-state index in [1.54, 1.807) is 6.08 Å². The van der Waals surface area contributed by atoms with Crippen LogP contribution in [0.3, 0.4) is 0 Å². The zero-order chi connectivity index (χ0) is 18.6. The standard InChI is InChI=1S/C22H28N2O2/c1-3-24(4-2)17-16-23-22(25)15-12-19-10-13-21(14-11-19)26-18-20-8-6-5-7-9-20/h5-15H,3-4,16-18H2,1-2H3,(H,23,25)/b15-12+. The van der Waals surface area contributed by atoms with E-state index in [2.05, 4.69) is 24.1 Å². The Hall–Kier alpha value is -2.59. The predicted octanol–water partition coefficient (Wildman–Crippen LogP) is 3.74. The first-order valence-corrected chi connectivity index (χ1v) is 9.16. The van der Waals surface area contributed by atoms with E-state index < -0.39 is 0 Å². The topological polar surface area (TPSA) is 41.6 Å². The number of nitrogens with zero attached hydrogens (tertiary/aromatic N) is 1. The Balaban J connectivity index is 1.75. The van der Waals surface area contributed by atoms with Gasteiger partial charge in [0, 0.05) is 19.2 Å². The van der Waals surface area contributed by atoms with Crippen LogP contribution >= 0.6 is 0 Å². The Labute approximate surface area is 156 Å². The van der Waals surface area contributed by atoms with Gasteiger partial charge in [-0.15, -0.1) is 0 Å². The maximum absolute atomic E-state index is 11.9. The van der Waals surface area contributed by atoms with Gasteiger partial charge in [0.2, 0.25) is 5.91 Å². The summed E-state index contributed by atoms with van der Waals surface area (Å²) < 4.78 is 5.76. The molecule has 1 N–H and O–H groups in total. The van der Waals surface area contributed by atoms with Crippen molar-refractivity contribution in [1.82, 2.24) is 10.2 Å². The summed E-state index contributed by atoms with van der Waals surface area (Å²) in [5.74, 6) is 0.747. The van der Waals surface area contributed by atoms with Crippen molar-refractivity contribution < 1.29 is 9.53 Å². The molecule has 2 aromatic carbocycles.